The molecule has 3 rings (SSSR count). The monoisotopic (exact) mass is 442 g/mol. The third-order valence-electron chi connectivity index (χ3n) is 4.84. The molecule has 30 heavy (non-hydrogen) atoms. The van der Waals surface area contributed by atoms with E-state index in [9.17, 15) is 9.59 Å². The predicted molar refractivity (Wildman–Crippen MR) is 126 cm³/mol. The summed E-state index contributed by atoms with van der Waals surface area (Å²) in [5.41, 5.74) is 1.65. The first-order valence-electron chi connectivity index (χ1n) is 9.79. The maximum Gasteiger partial charge on any atom is 0.255 e. The van der Waals surface area contributed by atoms with Crippen molar-refractivity contribution in [1.29, 1.82) is 0 Å². The van der Waals surface area contributed by atoms with Crippen molar-refractivity contribution < 1.29 is 14.3 Å². The van der Waals surface area contributed by atoms with Gasteiger partial charge < -0.3 is 15.4 Å². The van der Waals surface area contributed by atoms with Gasteiger partial charge in [0.15, 0.2) is 0 Å². The van der Waals surface area contributed by atoms with Gasteiger partial charge >= 0.3 is 0 Å². The Balaban J connectivity index is 1.61. The third-order valence-corrected chi connectivity index (χ3v) is 6.50. The lowest BCUT2D eigenvalue weighted by Gasteiger charge is -2.19. The SMILES string of the molecule is COc1ccccc1C(=O)NC(CCSC)C(=O)NCCc1csc2ccccc12. The van der Waals surface area contributed by atoms with Crippen molar-refractivity contribution in [3.8, 4) is 5.75 Å². The molecule has 0 aliphatic heterocycles. The number of thiophene rings is 1. The van der Waals surface area contributed by atoms with Crippen LogP contribution in [0.1, 0.15) is 22.3 Å². The van der Waals surface area contributed by atoms with Crippen molar-refractivity contribution in [2.24, 2.45) is 0 Å². The van der Waals surface area contributed by atoms with Gasteiger partial charge in [-0.05, 0) is 59.4 Å². The van der Waals surface area contributed by atoms with Gasteiger partial charge in [-0.15, -0.1) is 11.3 Å². The van der Waals surface area contributed by atoms with Crippen LogP contribution in [-0.2, 0) is 11.2 Å². The first-order chi connectivity index (χ1) is 14.6. The van der Waals surface area contributed by atoms with E-state index in [-0.39, 0.29) is 11.8 Å². The van der Waals surface area contributed by atoms with Crippen LogP contribution in [0.25, 0.3) is 10.1 Å². The van der Waals surface area contributed by atoms with Crippen LogP contribution in [0.4, 0.5) is 0 Å². The molecule has 0 spiro atoms. The fourth-order valence-electron chi connectivity index (χ4n) is 3.24. The minimum atomic E-state index is -0.589. The van der Waals surface area contributed by atoms with E-state index < -0.39 is 6.04 Å². The Morgan fingerprint density at radius 3 is 2.70 bits per heavy atom. The summed E-state index contributed by atoms with van der Waals surface area (Å²) in [6, 6.07) is 14.7. The minimum absolute atomic E-state index is 0.160. The van der Waals surface area contributed by atoms with Crippen LogP contribution in [-0.4, -0.2) is 43.5 Å². The molecule has 7 heteroatoms. The van der Waals surface area contributed by atoms with Gasteiger partial charge in [0.1, 0.15) is 11.8 Å². The second-order valence-electron chi connectivity index (χ2n) is 6.81. The fourth-order valence-corrected chi connectivity index (χ4v) is 4.71. The number of fused-ring (bicyclic) bond motifs is 1. The number of carbonyl (C=O) groups is 2. The maximum absolute atomic E-state index is 12.8. The molecule has 0 radical (unpaired) electrons. The molecule has 3 aromatic rings. The Morgan fingerprint density at radius 2 is 1.90 bits per heavy atom. The van der Waals surface area contributed by atoms with E-state index >= 15 is 0 Å². The van der Waals surface area contributed by atoms with Gasteiger partial charge in [-0.2, -0.15) is 11.8 Å². The number of hydrogen-bond acceptors (Lipinski definition) is 5. The molecule has 0 aliphatic carbocycles. The van der Waals surface area contributed by atoms with E-state index in [4.69, 9.17) is 4.74 Å². The van der Waals surface area contributed by atoms with Gasteiger partial charge in [-0.25, -0.2) is 0 Å². The first-order valence-corrected chi connectivity index (χ1v) is 12.1. The number of carbonyl (C=O) groups excluding carboxylic acids is 2. The number of hydrogen-bond donors (Lipinski definition) is 2. The molecule has 1 aromatic heterocycles. The molecule has 2 aromatic carbocycles. The molecule has 2 N–H and O–H groups in total. The summed E-state index contributed by atoms with van der Waals surface area (Å²) in [6.07, 6.45) is 3.30. The summed E-state index contributed by atoms with van der Waals surface area (Å²) in [4.78, 5) is 25.5. The molecule has 1 atom stereocenters. The second-order valence-corrected chi connectivity index (χ2v) is 8.70. The number of benzene rings is 2. The molecular formula is C23H26N2O3S2. The second kappa shape index (κ2) is 11.0. The van der Waals surface area contributed by atoms with E-state index in [2.05, 4.69) is 28.1 Å². The zero-order chi connectivity index (χ0) is 21.3. The van der Waals surface area contributed by atoms with E-state index in [1.165, 1.54) is 22.8 Å². The standard InChI is InChI=1S/C23H26N2O3S2/c1-28-20-9-5-3-8-18(20)22(26)25-19(12-14-29-2)23(27)24-13-11-16-15-30-21-10-6-4-7-17(16)21/h3-10,15,19H,11-14H2,1-2H3,(H,24,27)(H,25,26). The summed E-state index contributed by atoms with van der Waals surface area (Å²) in [5, 5.41) is 9.24. The Hall–Kier alpha value is -2.51. The number of rotatable bonds is 10. The highest BCUT2D eigenvalue weighted by atomic mass is 32.2. The topological polar surface area (TPSA) is 67.4 Å². The van der Waals surface area contributed by atoms with Gasteiger partial charge in [0.25, 0.3) is 5.91 Å². The van der Waals surface area contributed by atoms with Gasteiger partial charge in [-0.3, -0.25) is 9.59 Å². The quantitative estimate of drug-likeness (QED) is 0.496. The van der Waals surface area contributed by atoms with Crippen LogP contribution >= 0.6 is 23.1 Å². The van der Waals surface area contributed by atoms with E-state index in [1.54, 1.807) is 41.3 Å². The van der Waals surface area contributed by atoms with E-state index in [0.717, 1.165) is 12.2 Å². The molecule has 0 saturated carbocycles. The van der Waals surface area contributed by atoms with Crippen LogP contribution in [0.2, 0.25) is 0 Å². The molecule has 0 fully saturated rings. The molecule has 0 saturated heterocycles. The number of amides is 2. The molecular weight excluding hydrogens is 416 g/mol. The Labute approximate surface area is 185 Å². The summed E-state index contributed by atoms with van der Waals surface area (Å²) < 4.78 is 6.52. The molecule has 5 nitrogen and oxygen atoms in total. The summed E-state index contributed by atoms with van der Waals surface area (Å²) in [5.74, 6) is 0.798. The van der Waals surface area contributed by atoms with Crippen LogP contribution in [0.3, 0.4) is 0 Å². The molecule has 1 heterocycles. The molecule has 2 amide bonds. The summed E-state index contributed by atoms with van der Waals surface area (Å²) in [7, 11) is 1.53. The predicted octanol–water partition coefficient (Wildman–Crippen LogP) is 4.12. The van der Waals surface area contributed by atoms with Crippen molar-refractivity contribution in [3.63, 3.8) is 0 Å². The lowest BCUT2D eigenvalue weighted by Crippen LogP contribution is -2.47. The molecule has 158 valence electrons. The van der Waals surface area contributed by atoms with Crippen LogP contribution < -0.4 is 15.4 Å². The van der Waals surface area contributed by atoms with Crippen molar-refractivity contribution in [2.45, 2.75) is 18.9 Å². The van der Waals surface area contributed by atoms with Gasteiger partial charge in [0.05, 0.1) is 12.7 Å². The zero-order valence-corrected chi connectivity index (χ0v) is 18.8. The zero-order valence-electron chi connectivity index (χ0n) is 17.1. The lowest BCUT2D eigenvalue weighted by molar-refractivity contribution is -0.122. The average molecular weight is 443 g/mol. The van der Waals surface area contributed by atoms with E-state index in [0.29, 0.717) is 24.3 Å². The van der Waals surface area contributed by atoms with Crippen molar-refractivity contribution >= 4 is 45.0 Å². The minimum Gasteiger partial charge on any atom is -0.496 e. The smallest absolute Gasteiger partial charge is 0.255 e. The highest BCUT2D eigenvalue weighted by Crippen LogP contribution is 2.25. The van der Waals surface area contributed by atoms with Crippen molar-refractivity contribution in [1.82, 2.24) is 10.6 Å². The number of para-hydroxylation sites is 1. The average Bonchev–Trinajstić information content (AvgIpc) is 3.19. The normalized spacial score (nSPS) is 11.8. The molecule has 0 aliphatic rings. The van der Waals surface area contributed by atoms with Gasteiger partial charge in [-0.1, -0.05) is 30.3 Å². The van der Waals surface area contributed by atoms with Gasteiger partial charge in [0.2, 0.25) is 5.91 Å². The largest absolute Gasteiger partial charge is 0.496 e. The highest BCUT2D eigenvalue weighted by molar-refractivity contribution is 7.98. The number of methoxy groups -OCH3 is 1. The van der Waals surface area contributed by atoms with Crippen molar-refractivity contribution in [2.75, 3.05) is 25.7 Å². The summed E-state index contributed by atoms with van der Waals surface area (Å²) in [6.45, 7) is 0.528. The molecule has 0 bridgehead atoms. The van der Waals surface area contributed by atoms with Crippen LogP contribution in [0.5, 0.6) is 5.75 Å². The number of nitrogens with one attached hydrogen (secondary N) is 2. The first kappa shape index (κ1) is 22.2. The maximum atomic E-state index is 12.8. The third kappa shape index (κ3) is 5.55. The van der Waals surface area contributed by atoms with Crippen LogP contribution in [0, 0.1) is 0 Å². The number of ether oxygens (including phenoxy) is 1. The van der Waals surface area contributed by atoms with Crippen molar-refractivity contribution in [3.05, 3.63) is 65.0 Å². The fraction of sp³-hybridized carbons (Fsp3) is 0.304. The Kier molecular flexibility index (Phi) is 8.16. The van der Waals surface area contributed by atoms with Gasteiger partial charge in [0, 0.05) is 11.2 Å². The number of thioether (sulfide) groups is 1. The Bertz CT molecular complexity index is 1000. The lowest BCUT2D eigenvalue weighted by atomic mass is 10.1. The summed E-state index contributed by atoms with van der Waals surface area (Å²) >= 11 is 3.36. The highest BCUT2D eigenvalue weighted by Gasteiger charge is 2.22. The van der Waals surface area contributed by atoms with Crippen LogP contribution in [0.15, 0.2) is 53.9 Å². The Morgan fingerprint density at radius 1 is 1.13 bits per heavy atom. The van der Waals surface area contributed by atoms with E-state index in [1.807, 2.05) is 24.5 Å². The molecule has 1 unspecified atom stereocenters.